The monoisotopic (exact) mass is 169 g/mol. The number of rotatable bonds is 4. The van der Waals surface area contributed by atoms with Gasteiger partial charge < -0.3 is 5.73 Å². The van der Waals surface area contributed by atoms with Crippen molar-refractivity contribution in [1.82, 2.24) is 0 Å². The topological polar surface area (TPSA) is 26.0 Å². The highest BCUT2D eigenvalue weighted by atomic mass is 14.5. The summed E-state index contributed by atoms with van der Waals surface area (Å²) in [6.07, 6.45) is 8.28. The molecule has 2 N–H and O–H groups in total. The molecule has 12 heavy (non-hydrogen) atoms. The SMILES string of the molecule is CC[C@H]1CC[C@](C)(CCCN)C1. The van der Waals surface area contributed by atoms with Crippen LogP contribution in [0, 0.1) is 11.3 Å². The molecule has 0 aliphatic heterocycles. The van der Waals surface area contributed by atoms with Gasteiger partial charge >= 0.3 is 0 Å². The molecule has 0 aromatic heterocycles. The molecule has 0 spiro atoms. The molecule has 0 heterocycles. The van der Waals surface area contributed by atoms with E-state index in [-0.39, 0.29) is 0 Å². The molecule has 0 aromatic carbocycles. The Morgan fingerprint density at radius 1 is 1.50 bits per heavy atom. The molecule has 1 aliphatic carbocycles. The highest BCUT2D eigenvalue weighted by molar-refractivity contribution is 4.84. The van der Waals surface area contributed by atoms with Crippen LogP contribution in [0.1, 0.15) is 52.4 Å². The predicted molar refractivity (Wildman–Crippen MR) is 54.0 cm³/mol. The van der Waals surface area contributed by atoms with Crippen molar-refractivity contribution in [3.8, 4) is 0 Å². The summed E-state index contributed by atoms with van der Waals surface area (Å²) in [5.41, 5.74) is 6.17. The summed E-state index contributed by atoms with van der Waals surface area (Å²) >= 11 is 0. The van der Waals surface area contributed by atoms with Gasteiger partial charge in [-0.2, -0.15) is 0 Å². The quantitative estimate of drug-likeness (QED) is 0.688. The van der Waals surface area contributed by atoms with Gasteiger partial charge in [0.25, 0.3) is 0 Å². The number of hydrogen-bond donors (Lipinski definition) is 1. The first kappa shape index (κ1) is 10.0. The van der Waals surface area contributed by atoms with Gasteiger partial charge in [-0.25, -0.2) is 0 Å². The van der Waals surface area contributed by atoms with E-state index in [4.69, 9.17) is 5.73 Å². The Labute approximate surface area is 76.7 Å². The molecule has 2 atom stereocenters. The molecule has 0 bridgehead atoms. The van der Waals surface area contributed by atoms with Crippen molar-refractivity contribution in [1.29, 1.82) is 0 Å². The van der Waals surface area contributed by atoms with Gasteiger partial charge in [0.15, 0.2) is 0 Å². The third-order valence-electron chi connectivity index (χ3n) is 3.50. The first-order valence-electron chi connectivity index (χ1n) is 5.40. The highest BCUT2D eigenvalue weighted by Crippen LogP contribution is 2.45. The van der Waals surface area contributed by atoms with Gasteiger partial charge in [0, 0.05) is 0 Å². The van der Waals surface area contributed by atoms with Crippen molar-refractivity contribution in [3.05, 3.63) is 0 Å². The summed E-state index contributed by atoms with van der Waals surface area (Å²) in [5.74, 6) is 1.01. The van der Waals surface area contributed by atoms with E-state index in [0.717, 1.165) is 12.5 Å². The molecule has 0 saturated heterocycles. The summed E-state index contributed by atoms with van der Waals surface area (Å²) in [5, 5.41) is 0. The second kappa shape index (κ2) is 4.27. The highest BCUT2D eigenvalue weighted by Gasteiger charge is 2.33. The zero-order valence-corrected chi connectivity index (χ0v) is 8.60. The summed E-state index contributed by atoms with van der Waals surface area (Å²) in [6.45, 7) is 5.63. The van der Waals surface area contributed by atoms with E-state index in [9.17, 15) is 0 Å². The normalized spacial score (nSPS) is 35.8. The molecule has 0 radical (unpaired) electrons. The van der Waals surface area contributed by atoms with Crippen molar-refractivity contribution >= 4 is 0 Å². The average Bonchev–Trinajstić information content (AvgIpc) is 2.45. The minimum Gasteiger partial charge on any atom is -0.330 e. The fourth-order valence-corrected chi connectivity index (χ4v) is 2.56. The lowest BCUT2D eigenvalue weighted by atomic mass is 9.83. The van der Waals surface area contributed by atoms with Crippen LogP contribution in [0.25, 0.3) is 0 Å². The Kier molecular flexibility index (Phi) is 3.57. The first-order valence-corrected chi connectivity index (χ1v) is 5.40. The second-order valence-corrected chi connectivity index (χ2v) is 4.72. The van der Waals surface area contributed by atoms with E-state index in [1.165, 1.54) is 38.5 Å². The zero-order chi connectivity index (χ0) is 9.03. The van der Waals surface area contributed by atoms with Gasteiger partial charge in [0.1, 0.15) is 0 Å². The standard InChI is InChI=1S/C11H23N/c1-3-10-5-7-11(2,9-10)6-4-8-12/h10H,3-9,12H2,1-2H3/t10-,11-/m0/s1. The molecule has 0 amide bonds. The molecule has 1 saturated carbocycles. The van der Waals surface area contributed by atoms with E-state index < -0.39 is 0 Å². The van der Waals surface area contributed by atoms with E-state index >= 15 is 0 Å². The Hall–Kier alpha value is -0.0400. The van der Waals surface area contributed by atoms with Crippen LogP contribution < -0.4 is 5.73 Å². The lowest BCUT2D eigenvalue weighted by Gasteiger charge is -2.23. The summed E-state index contributed by atoms with van der Waals surface area (Å²) < 4.78 is 0. The number of hydrogen-bond acceptors (Lipinski definition) is 1. The maximum Gasteiger partial charge on any atom is -0.00771 e. The van der Waals surface area contributed by atoms with E-state index in [0.29, 0.717) is 5.41 Å². The van der Waals surface area contributed by atoms with Crippen molar-refractivity contribution < 1.29 is 0 Å². The molecule has 1 aliphatic rings. The van der Waals surface area contributed by atoms with Gasteiger partial charge in [-0.1, -0.05) is 20.3 Å². The molecule has 1 nitrogen and oxygen atoms in total. The lowest BCUT2D eigenvalue weighted by molar-refractivity contribution is 0.286. The van der Waals surface area contributed by atoms with Gasteiger partial charge in [-0.15, -0.1) is 0 Å². The Balaban J connectivity index is 2.31. The minimum absolute atomic E-state index is 0.639. The van der Waals surface area contributed by atoms with E-state index in [2.05, 4.69) is 13.8 Å². The van der Waals surface area contributed by atoms with Crippen LogP contribution in [0.2, 0.25) is 0 Å². The van der Waals surface area contributed by atoms with Gasteiger partial charge in [0.05, 0.1) is 0 Å². The Morgan fingerprint density at radius 3 is 2.75 bits per heavy atom. The predicted octanol–water partition coefficient (Wildman–Crippen LogP) is 2.94. The largest absolute Gasteiger partial charge is 0.330 e. The van der Waals surface area contributed by atoms with Crippen LogP contribution >= 0.6 is 0 Å². The van der Waals surface area contributed by atoms with Crippen LogP contribution in [0.15, 0.2) is 0 Å². The minimum atomic E-state index is 0.639. The maximum atomic E-state index is 5.53. The summed E-state index contributed by atoms with van der Waals surface area (Å²) in [6, 6.07) is 0. The van der Waals surface area contributed by atoms with Crippen LogP contribution in [0.4, 0.5) is 0 Å². The molecule has 0 unspecified atom stereocenters. The summed E-state index contributed by atoms with van der Waals surface area (Å²) in [4.78, 5) is 0. The fraction of sp³-hybridized carbons (Fsp3) is 1.00. The molecule has 1 heteroatoms. The molecule has 1 rings (SSSR count). The van der Waals surface area contributed by atoms with E-state index in [1.807, 2.05) is 0 Å². The second-order valence-electron chi connectivity index (χ2n) is 4.72. The van der Waals surface area contributed by atoms with Crippen molar-refractivity contribution in [2.45, 2.75) is 52.4 Å². The van der Waals surface area contributed by atoms with Gasteiger partial charge in [-0.05, 0) is 50.0 Å². The number of nitrogens with two attached hydrogens (primary N) is 1. The Bertz CT molecular complexity index is 133. The zero-order valence-electron chi connectivity index (χ0n) is 8.60. The van der Waals surface area contributed by atoms with Crippen LogP contribution in [0.5, 0.6) is 0 Å². The van der Waals surface area contributed by atoms with Crippen LogP contribution in [-0.4, -0.2) is 6.54 Å². The third-order valence-corrected chi connectivity index (χ3v) is 3.50. The van der Waals surface area contributed by atoms with Crippen molar-refractivity contribution in [2.75, 3.05) is 6.54 Å². The third kappa shape index (κ3) is 2.48. The fourth-order valence-electron chi connectivity index (χ4n) is 2.56. The van der Waals surface area contributed by atoms with E-state index in [1.54, 1.807) is 0 Å². The Morgan fingerprint density at radius 2 is 2.25 bits per heavy atom. The average molecular weight is 169 g/mol. The first-order chi connectivity index (χ1) is 5.70. The molecule has 0 aromatic rings. The summed E-state index contributed by atoms with van der Waals surface area (Å²) in [7, 11) is 0. The smallest absolute Gasteiger partial charge is 0.00771 e. The van der Waals surface area contributed by atoms with Crippen molar-refractivity contribution in [2.24, 2.45) is 17.1 Å². The van der Waals surface area contributed by atoms with Crippen LogP contribution in [0.3, 0.4) is 0 Å². The maximum absolute atomic E-state index is 5.53. The van der Waals surface area contributed by atoms with Crippen LogP contribution in [-0.2, 0) is 0 Å². The lowest BCUT2D eigenvalue weighted by Crippen LogP contribution is -2.14. The molecular formula is C11H23N. The van der Waals surface area contributed by atoms with Crippen molar-refractivity contribution in [3.63, 3.8) is 0 Å². The molecule has 72 valence electrons. The van der Waals surface area contributed by atoms with Gasteiger partial charge in [0.2, 0.25) is 0 Å². The van der Waals surface area contributed by atoms with Gasteiger partial charge in [-0.3, -0.25) is 0 Å². The molecular weight excluding hydrogens is 146 g/mol. The molecule has 1 fully saturated rings.